The molecule has 0 aromatic heterocycles. The number of piperidine rings is 1. The number of aryl methyl sites for hydroxylation is 1. The molecular formula is C23H28N3O2+. The second-order valence-corrected chi connectivity index (χ2v) is 8.28. The average molecular weight is 378 g/mol. The van der Waals surface area contributed by atoms with Crippen LogP contribution in [0.5, 0.6) is 11.5 Å². The maximum atomic E-state index is 6.70. The van der Waals surface area contributed by atoms with Crippen molar-refractivity contribution in [3.05, 3.63) is 65.2 Å². The number of fused-ring (bicyclic) bond motifs is 4. The molecular weight excluding hydrogens is 350 g/mol. The number of quaternary nitrogens is 1. The number of nitrogens with one attached hydrogen (secondary N) is 2. The van der Waals surface area contributed by atoms with Gasteiger partial charge in [-0.3, -0.25) is 0 Å². The van der Waals surface area contributed by atoms with E-state index in [4.69, 9.17) is 9.47 Å². The van der Waals surface area contributed by atoms with Crippen molar-refractivity contribution in [3.8, 4) is 11.5 Å². The van der Waals surface area contributed by atoms with E-state index in [0.717, 1.165) is 48.7 Å². The van der Waals surface area contributed by atoms with Gasteiger partial charge in [0.1, 0.15) is 11.5 Å². The molecule has 1 spiro atoms. The SMILES string of the molecule is COc1ccc(C2=C[C@H]3c4cc(C)ccc4OC4(CC[NH+](C)CC4)N3N2)cc1. The zero-order chi connectivity index (χ0) is 19.3. The molecule has 0 saturated carbocycles. The molecule has 0 aliphatic carbocycles. The van der Waals surface area contributed by atoms with Crippen LogP contribution in [-0.2, 0) is 0 Å². The maximum absolute atomic E-state index is 6.70. The van der Waals surface area contributed by atoms with Crippen LogP contribution >= 0.6 is 0 Å². The van der Waals surface area contributed by atoms with E-state index in [1.165, 1.54) is 11.1 Å². The number of nitrogens with zero attached hydrogens (tertiary/aromatic N) is 1. The summed E-state index contributed by atoms with van der Waals surface area (Å²) in [7, 11) is 3.97. The normalized spacial score (nSPS) is 28.8. The lowest BCUT2D eigenvalue weighted by molar-refractivity contribution is -0.888. The Kier molecular flexibility index (Phi) is 4.11. The zero-order valence-corrected chi connectivity index (χ0v) is 16.8. The maximum Gasteiger partial charge on any atom is 0.191 e. The van der Waals surface area contributed by atoms with Gasteiger partial charge >= 0.3 is 0 Å². The minimum atomic E-state index is -0.294. The number of likely N-dealkylation sites (tertiary alicyclic amines) is 1. The van der Waals surface area contributed by atoms with E-state index in [9.17, 15) is 0 Å². The van der Waals surface area contributed by atoms with Gasteiger partial charge in [0.15, 0.2) is 5.72 Å². The third kappa shape index (κ3) is 2.77. The number of hydrazine groups is 1. The number of benzene rings is 2. The highest BCUT2D eigenvalue weighted by Gasteiger charge is 2.52. The predicted molar refractivity (Wildman–Crippen MR) is 109 cm³/mol. The van der Waals surface area contributed by atoms with Crippen LogP contribution in [0.1, 0.15) is 35.6 Å². The fourth-order valence-corrected chi connectivity index (χ4v) is 4.64. The summed E-state index contributed by atoms with van der Waals surface area (Å²) in [5.41, 5.74) is 8.21. The molecule has 2 aromatic rings. The van der Waals surface area contributed by atoms with Gasteiger partial charge in [-0.05, 0) is 48.9 Å². The van der Waals surface area contributed by atoms with E-state index in [1.807, 2.05) is 12.1 Å². The molecule has 3 heterocycles. The first-order valence-electron chi connectivity index (χ1n) is 10.1. The summed E-state index contributed by atoms with van der Waals surface area (Å²) in [5.74, 6) is 1.90. The van der Waals surface area contributed by atoms with Crippen molar-refractivity contribution in [1.82, 2.24) is 10.4 Å². The van der Waals surface area contributed by atoms with E-state index in [-0.39, 0.29) is 11.8 Å². The Bertz CT molecular complexity index is 914. The monoisotopic (exact) mass is 378 g/mol. The molecule has 1 atom stereocenters. The van der Waals surface area contributed by atoms with Crippen molar-refractivity contribution in [1.29, 1.82) is 0 Å². The van der Waals surface area contributed by atoms with Crippen LogP contribution in [0.4, 0.5) is 0 Å². The molecule has 0 bridgehead atoms. The third-order valence-electron chi connectivity index (χ3n) is 6.35. The Labute approximate surface area is 166 Å². The van der Waals surface area contributed by atoms with Crippen LogP contribution in [0.3, 0.4) is 0 Å². The second kappa shape index (κ2) is 6.54. The molecule has 2 N–H and O–H groups in total. The summed E-state index contributed by atoms with van der Waals surface area (Å²) in [6.45, 7) is 4.37. The van der Waals surface area contributed by atoms with Gasteiger partial charge in [-0.25, -0.2) is 0 Å². The van der Waals surface area contributed by atoms with Crippen LogP contribution in [-0.4, -0.2) is 38.0 Å². The molecule has 5 nitrogen and oxygen atoms in total. The van der Waals surface area contributed by atoms with E-state index in [1.54, 1.807) is 12.0 Å². The number of rotatable bonds is 2. The molecule has 0 radical (unpaired) electrons. The highest BCUT2D eigenvalue weighted by molar-refractivity contribution is 5.68. The topological polar surface area (TPSA) is 38.2 Å². The second-order valence-electron chi connectivity index (χ2n) is 8.28. The largest absolute Gasteiger partial charge is 0.497 e. The molecule has 3 aliphatic heterocycles. The Hall–Kier alpha value is -2.50. The van der Waals surface area contributed by atoms with Crippen molar-refractivity contribution in [2.75, 3.05) is 27.2 Å². The van der Waals surface area contributed by atoms with Crippen LogP contribution in [0.2, 0.25) is 0 Å². The molecule has 2 aromatic carbocycles. The van der Waals surface area contributed by atoms with Gasteiger partial charge < -0.3 is 19.8 Å². The number of methoxy groups -OCH3 is 1. The lowest BCUT2D eigenvalue weighted by Gasteiger charge is -2.50. The zero-order valence-electron chi connectivity index (χ0n) is 16.8. The Balaban J connectivity index is 1.55. The Morgan fingerprint density at radius 3 is 2.61 bits per heavy atom. The summed E-state index contributed by atoms with van der Waals surface area (Å²) in [5, 5.41) is 2.36. The van der Waals surface area contributed by atoms with Gasteiger partial charge in [0, 0.05) is 5.56 Å². The molecule has 1 saturated heterocycles. The van der Waals surface area contributed by atoms with Crippen molar-refractivity contribution < 1.29 is 14.4 Å². The molecule has 0 unspecified atom stereocenters. The van der Waals surface area contributed by atoms with Gasteiger partial charge in [0.05, 0.1) is 51.8 Å². The molecule has 28 heavy (non-hydrogen) atoms. The molecule has 0 amide bonds. The third-order valence-corrected chi connectivity index (χ3v) is 6.35. The minimum absolute atomic E-state index is 0.180. The highest BCUT2D eigenvalue weighted by atomic mass is 16.5. The van der Waals surface area contributed by atoms with Crippen molar-refractivity contribution in [2.45, 2.75) is 31.5 Å². The molecule has 146 valence electrons. The van der Waals surface area contributed by atoms with E-state index >= 15 is 0 Å². The first-order chi connectivity index (χ1) is 13.6. The highest BCUT2D eigenvalue weighted by Crippen LogP contribution is 2.47. The van der Waals surface area contributed by atoms with Crippen LogP contribution in [0.25, 0.3) is 5.70 Å². The number of hydrogen-bond acceptors (Lipinski definition) is 4. The van der Waals surface area contributed by atoms with Crippen LogP contribution in [0, 0.1) is 6.92 Å². The van der Waals surface area contributed by atoms with Crippen LogP contribution in [0.15, 0.2) is 48.5 Å². The summed E-state index contributed by atoms with van der Waals surface area (Å²) in [6.07, 6.45) is 4.37. The number of ether oxygens (including phenoxy) is 2. The molecule has 3 aliphatic rings. The summed E-state index contributed by atoms with van der Waals surface area (Å²) < 4.78 is 12.0. The van der Waals surface area contributed by atoms with Crippen molar-refractivity contribution >= 4 is 5.70 Å². The molecule has 5 rings (SSSR count). The van der Waals surface area contributed by atoms with Gasteiger partial charge in [-0.15, -0.1) is 0 Å². The smallest absolute Gasteiger partial charge is 0.191 e. The average Bonchev–Trinajstić information content (AvgIpc) is 3.18. The molecule has 1 fully saturated rings. The van der Waals surface area contributed by atoms with Crippen molar-refractivity contribution in [3.63, 3.8) is 0 Å². The first-order valence-corrected chi connectivity index (χ1v) is 10.1. The van der Waals surface area contributed by atoms with E-state index in [2.05, 4.69) is 60.8 Å². The Morgan fingerprint density at radius 2 is 1.89 bits per heavy atom. The summed E-state index contributed by atoms with van der Waals surface area (Å²) in [6, 6.07) is 15.0. The lowest BCUT2D eigenvalue weighted by atomic mass is 9.92. The quantitative estimate of drug-likeness (QED) is 0.841. The number of hydrogen-bond donors (Lipinski definition) is 2. The molecule has 5 heteroatoms. The summed E-state index contributed by atoms with van der Waals surface area (Å²) in [4.78, 5) is 1.57. The standard InChI is InChI=1S/C23H27N3O2/c1-16-4-9-22-19(14-16)21-15-20(17-5-7-18(27-3)8-6-17)24-26(21)23(28-22)10-12-25(2)13-11-23/h4-9,14-15,21,24H,10-13H2,1-3H3/p+1/t21-/m0/s1. The van der Waals surface area contributed by atoms with Crippen LogP contribution < -0.4 is 19.8 Å². The van der Waals surface area contributed by atoms with Crippen molar-refractivity contribution in [2.24, 2.45) is 0 Å². The first kappa shape index (κ1) is 17.6. The van der Waals surface area contributed by atoms with Gasteiger partial charge in [-0.1, -0.05) is 17.7 Å². The van der Waals surface area contributed by atoms with E-state index < -0.39 is 0 Å². The van der Waals surface area contributed by atoms with E-state index in [0.29, 0.717) is 0 Å². The van der Waals surface area contributed by atoms with Gasteiger partial charge in [0.2, 0.25) is 0 Å². The Morgan fingerprint density at radius 1 is 1.14 bits per heavy atom. The van der Waals surface area contributed by atoms with Gasteiger partial charge in [0.25, 0.3) is 0 Å². The summed E-state index contributed by atoms with van der Waals surface area (Å²) >= 11 is 0. The minimum Gasteiger partial charge on any atom is -0.497 e. The predicted octanol–water partition coefficient (Wildman–Crippen LogP) is 2.30. The fraction of sp³-hybridized carbons (Fsp3) is 0.391. The van der Waals surface area contributed by atoms with Gasteiger partial charge in [-0.2, -0.15) is 5.01 Å². The lowest BCUT2D eigenvalue weighted by Crippen LogP contribution is -3.11. The fourth-order valence-electron chi connectivity index (χ4n) is 4.64.